The normalized spacial score (nSPS) is 10.8. The first-order chi connectivity index (χ1) is 9.11. The summed E-state index contributed by atoms with van der Waals surface area (Å²) in [5.41, 5.74) is -0.0559. The highest BCUT2D eigenvalue weighted by Gasteiger charge is 2.15. The summed E-state index contributed by atoms with van der Waals surface area (Å²) in [5.74, 6) is -0.232. The molecule has 0 amide bonds. The number of methoxy groups -OCH3 is 1. The van der Waals surface area contributed by atoms with Crippen molar-refractivity contribution in [1.29, 1.82) is 0 Å². The van der Waals surface area contributed by atoms with E-state index in [2.05, 4.69) is 15.3 Å². The van der Waals surface area contributed by atoms with Crippen molar-refractivity contribution in [1.82, 2.24) is 14.9 Å². The van der Waals surface area contributed by atoms with E-state index < -0.39 is 4.92 Å². The minimum absolute atomic E-state index is 0.000550. The molecule has 0 aliphatic carbocycles. The van der Waals surface area contributed by atoms with Gasteiger partial charge in [-0.2, -0.15) is 5.10 Å². The summed E-state index contributed by atoms with van der Waals surface area (Å²) in [4.78, 5) is 10.2. The van der Waals surface area contributed by atoms with E-state index in [0.29, 0.717) is 0 Å². The zero-order valence-electron chi connectivity index (χ0n) is 9.79. The first-order valence-electron chi connectivity index (χ1n) is 5.06. The molecule has 0 unspecified atom stereocenters. The third-order valence-electron chi connectivity index (χ3n) is 2.26. The maximum Gasteiger partial charge on any atom is 0.274 e. The Hall–Kier alpha value is -2.97. The largest absolute Gasteiger partial charge is 0.504 e. The lowest BCUT2D eigenvalue weighted by Gasteiger charge is -2.05. The summed E-state index contributed by atoms with van der Waals surface area (Å²) in [6, 6.07) is 2.32. The van der Waals surface area contributed by atoms with Crippen LogP contribution < -0.4 is 4.74 Å². The molecule has 1 heterocycles. The number of hydrogen-bond donors (Lipinski definition) is 1. The van der Waals surface area contributed by atoms with Crippen molar-refractivity contribution in [2.24, 2.45) is 5.10 Å². The van der Waals surface area contributed by atoms with Gasteiger partial charge in [-0.1, -0.05) is 0 Å². The summed E-state index contributed by atoms with van der Waals surface area (Å²) in [6.07, 6.45) is 3.92. The summed E-state index contributed by atoms with van der Waals surface area (Å²) in [5, 5.41) is 31.6. The third-order valence-corrected chi connectivity index (χ3v) is 2.26. The van der Waals surface area contributed by atoms with E-state index >= 15 is 0 Å². The molecule has 1 aromatic carbocycles. The summed E-state index contributed by atoms with van der Waals surface area (Å²) < 4.78 is 6.15. The summed E-state index contributed by atoms with van der Waals surface area (Å²) >= 11 is 0. The highest BCUT2D eigenvalue weighted by atomic mass is 16.6. The maximum absolute atomic E-state index is 10.8. The molecule has 19 heavy (non-hydrogen) atoms. The van der Waals surface area contributed by atoms with Crippen molar-refractivity contribution in [3.05, 3.63) is 40.5 Å². The molecule has 0 fully saturated rings. The molecule has 0 aliphatic rings. The monoisotopic (exact) mass is 263 g/mol. The lowest BCUT2D eigenvalue weighted by molar-refractivity contribution is -0.385. The Morgan fingerprint density at radius 2 is 2.16 bits per heavy atom. The number of nitrogens with zero attached hydrogens (tertiary/aromatic N) is 5. The zero-order chi connectivity index (χ0) is 13.8. The van der Waals surface area contributed by atoms with Gasteiger partial charge in [0.1, 0.15) is 12.7 Å². The van der Waals surface area contributed by atoms with Crippen LogP contribution in [0.4, 0.5) is 5.69 Å². The molecule has 1 aromatic heterocycles. The molecular formula is C10H9N5O4. The minimum atomic E-state index is -0.585. The molecule has 2 aromatic rings. The molecule has 0 atom stereocenters. The van der Waals surface area contributed by atoms with Gasteiger partial charge in [0.25, 0.3) is 5.69 Å². The number of nitro groups is 1. The van der Waals surface area contributed by atoms with E-state index in [1.807, 2.05) is 0 Å². The average molecular weight is 263 g/mol. The van der Waals surface area contributed by atoms with Crippen LogP contribution >= 0.6 is 0 Å². The van der Waals surface area contributed by atoms with Crippen molar-refractivity contribution in [3.63, 3.8) is 0 Å². The van der Waals surface area contributed by atoms with Crippen LogP contribution in [-0.2, 0) is 0 Å². The molecule has 9 heteroatoms. The second-order valence-corrected chi connectivity index (χ2v) is 3.43. The van der Waals surface area contributed by atoms with Crippen molar-refractivity contribution in [2.45, 2.75) is 0 Å². The summed E-state index contributed by atoms with van der Waals surface area (Å²) in [7, 11) is 1.31. The van der Waals surface area contributed by atoms with Crippen LogP contribution in [0.15, 0.2) is 29.9 Å². The predicted molar refractivity (Wildman–Crippen MR) is 64.3 cm³/mol. The number of aromatic hydroxyl groups is 1. The molecule has 0 spiro atoms. The van der Waals surface area contributed by atoms with Gasteiger partial charge in [0.15, 0.2) is 11.5 Å². The number of hydrogen-bond acceptors (Lipinski definition) is 7. The quantitative estimate of drug-likeness (QED) is 0.495. The number of benzene rings is 1. The highest BCUT2D eigenvalue weighted by Crippen LogP contribution is 2.33. The summed E-state index contributed by atoms with van der Waals surface area (Å²) in [6.45, 7) is 0. The molecule has 0 saturated heterocycles. The Kier molecular flexibility index (Phi) is 3.37. The predicted octanol–water partition coefficient (Wildman–Crippen LogP) is 0.783. The van der Waals surface area contributed by atoms with Gasteiger partial charge < -0.3 is 9.84 Å². The fourth-order valence-corrected chi connectivity index (χ4v) is 1.36. The van der Waals surface area contributed by atoms with Gasteiger partial charge in [-0.3, -0.25) is 10.1 Å². The molecule has 1 N–H and O–H groups in total. The lowest BCUT2D eigenvalue weighted by Crippen LogP contribution is -1.95. The van der Waals surface area contributed by atoms with Crippen molar-refractivity contribution >= 4 is 11.9 Å². The van der Waals surface area contributed by atoms with Crippen LogP contribution in [0.5, 0.6) is 11.5 Å². The molecule has 2 rings (SSSR count). The maximum atomic E-state index is 10.8. The Morgan fingerprint density at radius 1 is 1.47 bits per heavy atom. The van der Waals surface area contributed by atoms with E-state index in [0.717, 1.165) is 6.07 Å². The van der Waals surface area contributed by atoms with Crippen LogP contribution in [0.1, 0.15) is 5.56 Å². The topological polar surface area (TPSA) is 116 Å². The van der Waals surface area contributed by atoms with Crippen LogP contribution in [0.2, 0.25) is 0 Å². The Bertz CT molecular complexity index is 623. The van der Waals surface area contributed by atoms with E-state index in [1.165, 1.54) is 36.7 Å². The van der Waals surface area contributed by atoms with E-state index in [-0.39, 0.29) is 22.7 Å². The molecule has 0 radical (unpaired) electrons. The number of nitro benzene ring substituents is 1. The van der Waals surface area contributed by atoms with Crippen LogP contribution in [0, 0.1) is 10.1 Å². The Morgan fingerprint density at radius 3 is 2.74 bits per heavy atom. The second kappa shape index (κ2) is 5.12. The first kappa shape index (κ1) is 12.5. The van der Waals surface area contributed by atoms with E-state index in [1.54, 1.807) is 0 Å². The second-order valence-electron chi connectivity index (χ2n) is 3.43. The molecule has 98 valence electrons. The molecule has 9 nitrogen and oxygen atoms in total. The number of rotatable bonds is 4. The molecule has 0 aliphatic heterocycles. The number of non-ortho nitro benzene ring substituents is 1. The lowest BCUT2D eigenvalue weighted by atomic mass is 10.2. The fraction of sp³-hybridized carbons (Fsp3) is 0.100. The Labute approximate surface area is 106 Å². The fourth-order valence-electron chi connectivity index (χ4n) is 1.36. The SMILES string of the molecule is COc1cc([N+](=O)[O-])cc(C=Nn2cnnc2)c1O. The number of phenolic OH excluding ortho intramolecular Hbond substituents is 1. The number of phenols is 1. The highest BCUT2D eigenvalue weighted by molar-refractivity contribution is 5.86. The van der Waals surface area contributed by atoms with E-state index in [4.69, 9.17) is 4.74 Å². The standard InChI is InChI=1S/C10H9N5O4/c1-19-9-3-8(15(17)18)2-7(10(9)16)4-13-14-5-11-12-6-14/h2-6,16H,1H3. The molecule has 0 saturated carbocycles. The zero-order valence-corrected chi connectivity index (χ0v) is 9.79. The van der Waals surface area contributed by atoms with Crippen molar-refractivity contribution < 1.29 is 14.8 Å². The number of aromatic nitrogens is 3. The van der Waals surface area contributed by atoms with Gasteiger partial charge in [0, 0.05) is 11.6 Å². The van der Waals surface area contributed by atoms with Gasteiger partial charge in [0.05, 0.1) is 24.3 Å². The van der Waals surface area contributed by atoms with Crippen LogP contribution in [0.25, 0.3) is 0 Å². The minimum Gasteiger partial charge on any atom is -0.504 e. The van der Waals surface area contributed by atoms with Gasteiger partial charge in [-0.25, -0.2) is 4.68 Å². The first-order valence-corrected chi connectivity index (χ1v) is 5.06. The van der Waals surface area contributed by atoms with Crippen molar-refractivity contribution in [3.8, 4) is 11.5 Å². The average Bonchev–Trinajstić information content (AvgIpc) is 2.90. The van der Waals surface area contributed by atoms with Gasteiger partial charge in [-0.05, 0) is 0 Å². The van der Waals surface area contributed by atoms with Crippen molar-refractivity contribution in [2.75, 3.05) is 7.11 Å². The van der Waals surface area contributed by atoms with Gasteiger partial charge in [-0.15, -0.1) is 10.2 Å². The van der Waals surface area contributed by atoms with Crippen LogP contribution in [-0.4, -0.2) is 38.2 Å². The van der Waals surface area contributed by atoms with Gasteiger partial charge >= 0.3 is 0 Å². The third kappa shape index (κ3) is 2.65. The van der Waals surface area contributed by atoms with Gasteiger partial charge in [0.2, 0.25) is 0 Å². The molecular weight excluding hydrogens is 254 g/mol. The smallest absolute Gasteiger partial charge is 0.274 e. The molecule has 0 bridgehead atoms. The van der Waals surface area contributed by atoms with E-state index in [9.17, 15) is 15.2 Å². The van der Waals surface area contributed by atoms with Crippen LogP contribution in [0.3, 0.4) is 0 Å². The Balaban J connectivity index is 2.43. The number of ether oxygens (including phenoxy) is 1.